The number of rotatable bonds is 8. The van der Waals surface area contributed by atoms with Crippen LogP contribution in [0.5, 0.6) is 5.75 Å². The minimum atomic E-state index is -0.953. The molecule has 7 nitrogen and oxygen atoms in total. The lowest BCUT2D eigenvalue weighted by atomic mass is 10.1. The predicted octanol–water partition coefficient (Wildman–Crippen LogP) is 2.11. The molecule has 0 bridgehead atoms. The van der Waals surface area contributed by atoms with Crippen LogP contribution >= 0.6 is 0 Å². The topological polar surface area (TPSA) is 94.8 Å². The summed E-state index contributed by atoms with van der Waals surface area (Å²) in [5.41, 5.74) is 0.553. The Hall–Kier alpha value is -3.09. The molecule has 1 heterocycles. The quantitative estimate of drug-likeness (QED) is 0.582. The highest BCUT2D eigenvalue weighted by molar-refractivity contribution is 5.94. The molecule has 132 valence electrons. The molecule has 1 atom stereocenters. The van der Waals surface area contributed by atoms with Crippen LogP contribution in [0.3, 0.4) is 0 Å². The molecular formula is C18H19NO6. The summed E-state index contributed by atoms with van der Waals surface area (Å²) in [5, 5.41) is 2.60. The van der Waals surface area contributed by atoms with E-state index in [1.807, 2.05) is 0 Å². The number of carbonyl (C=O) groups is 3. The molecule has 1 aromatic carbocycles. The lowest BCUT2D eigenvalue weighted by molar-refractivity contribution is -0.156. The Labute approximate surface area is 144 Å². The minimum absolute atomic E-state index is 0.0552. The smallest absolute Gasteiger partial charge is 0.344 e. The van der Waals surface area contributed by atoms with Crippen molar-refractivity contribution in [1.82, 2.24) is 5.32 Å². The van der Waals surface area contributed by atoms with Gasteiger partial charge in [-0.05, 0) is 50.2 Å². The molecule has 0 unspecified atom stereocenters. The molecule has 0 aliphatic heterocycles. The molecule has 0 saturated heterocycles. The average molecular weight is 345 g/mol. The number of benzene rings is 1. The normalized spacial score (nSPS) is 11.4. The van der Waals surface area contributed by atoms with Gasteiger partial charge in [0.15, 0.2) is 18.5 Å². The number of nitrogens with one attached hydrogen (secondary N) is 1. The Morgan fingerprint density at radius 2 is 1.88 bits per heavy atom. The zero-order valence-corrected chi connectivity index (χ0v) is 14.0. The van der Waals surface area contributed by atoms with Gasteiger partial charge in [-0.25, -0.2) is 4.79 Å². The van der Waals surface area contributed by atoms with E-state index in [1.54, 1.807) is 36.4 Å². The van der Waals surface area contributed by atoms with Crippen molar-refractivity contribution in [3.63, 3.8) is 0 Å². The first-order chi connectivity index (χ1) is 12.0. The third-order valence-electron chi connectivity index (χ3n) is 3.31. The molecule has 2 rings (SSSR count). The molecule has 25 heavy (non-hydrogen) atoms. The fourth-order valence-electron chi connectivity index (χ4n) is 1.94. The monoisotopic (exact) mass is 345 g/mol. The number of hydrogen-bond acceptors (Lipinski definition) is 6. The first kappa shape index (κ1) is 18.3. The molecule has 1 N–H and O–H groups in total. The Morgan fingerprint density at radius 3 is 2.48 bits per heavy atom. The van der Waals surface area contributed by atoms with Gasteiger partial charge >= 0.3 is 5.97 Å². The van der Waals surface area contributed by atoms with Gasteiger partial charge in [-0.3, -0.25) is 9.59 Å². The maximum Gasteiger partial charge on any atom is 0.344 e. The van der Waals surface area contributed by atoms with E-state index in [1.165, 1.54) is 20.1 Å². The summed E-state index contributed by atoms with van der Waals surface area (Å²) < 4.78 is 15.4. The van der Waals surface area contributed by atoms with Crippen LogP contribution in [-0.2, 0) is 20.9 Å². The van der Waals surface area contributed by atoms with Crippen molar-refractivity contribution in [3.05, 3.63) is 54.0 Å². The van der Waals surface area contributed by atoms with Crippen molar-refractivity contribution in [2.45, 2.75) is 26.5 Å². The number of Topliss-reactive ketones (excluding diaryl/α,β-unsaturated/α-hetero) is 1. The molecule has 2 aromatic rings. The molecule has 1 amide bonds. The third-order valence-corrected chi connectivity index (χ3v) is 3.31. The third kappa shape index (κ3) is 5.80. The van der Waals surface area contributed by atoms with E-state index in [0.717, 1.165) is 0 Å². The fourth-order valence-corrected chi connectivity index (χ4v) is 1.94. The van der Waals surface area contributed by atoms with Crippen molar-refractivity contribution < 1.29 is 28.3 Å². The Kier molecular flexibility index (Phi) is 6.33. The molecule has 0 aliphatic carbocycles. The molecule has 0 aliphatic rings. The Balaban J connectivity index is 1.73. The number of hydrogen-bond donors (Lipinski definition) is 1. The largest absolute Gasteiger partial charge is 0.482 e. The lowest BCUT2D eigenvalue weighted by Gasteiger charge is -2.13. The van der Waals surface area contributed by atoms with Crippen molar-refractivity contribution in [2.75, 3.05) is 6.61 Å². The van der Waals surface area contributed by atoms with Gasteiger partial charge < -0.3 is 19.2 Å². The van der Waals surface area contributed by atoms with Crippen LogP contribution in [0.25, 0.3) is 0 Å². The summed E-state index contributed by atoms with van der Waals surface area (Å²) in [6, 6.07) is 9.82. The van der Waals surface area contributed by atoms with Crippen LogP contribution in [0, 0.1) is 0 Å². The van der Waals surface area contributed by atoms with Gasteiger partial charge in [0, 0.05) is 5.56 Å². The van der Waals surface area contributed by atoms with E-state index in [2.05, 4.69) is 5.32 Å². The molecule has 0 saturated carbocycles. The molecule has 0 radical (unpaired) electrons. The second-order valence-electron chi connectivity index (χ2n) is 5.30. The fraction of sp³-hybridized carbons (Fsp3) is 0.278. The van der Waals surface area contributed by atoms with Crippen LogP contribution in [0.1, 0.15) is 30.0 Å². The Bertz CT molecular complexity index is 721. The summed E-state index contributed by atoms with van der Waals surface area (Å²) in [7, 11) is 0. The first-order valence-electron chi connectivity index (χ1n) is 7.69. The number of esters is 1. The van der Waals surface area contributed by atoms with Gasteiger partial charge in [0.1, 0.15) is 11.5 Å². The summed E-state index contributed by atoms with van der Waals surface area (Å²) in [4.78, 5) is 34.8. The highest BCUT2D eigenvalue weighted by Crippen LogP contribution is 2.12. The Morgan fingerprint density at radius 1 is 1.16 bits per heavy atom. The molecule has 0 fully saturated rings. The van der Waals surface area contributed by atoms with E-state index in [0.29, 0.717) is 17.1 Å². The second kappa shape index (κ2) is 8.68. The van der Waals surface area contributed by atoms with Gasteiger partial charge in [0.2, 0.25) is 0 Å². The minimum Gasteiger partial charge on any atom is -0.482 e. The van der Waals surface area contributed by atoms with Crippen LogP contribution < -0.4 is 10.1 Å². The van der Waals surface area contributed by atoms with E-state index >= 15 is 0 Å². The van der Waals surface area contributed by atoms with Crippen molar-refractivity contribution in [3.8, 4) is 5.75 Å². The van der Waals surface area contributed by atoms with Crippen LogP contribution in [0.15, 0.2) is 47.1 Å². The van der Waals surface area contributed by atoms with Crippen molar-refractivity contribution in [2.24, 2.45) is 0 Å². The SMILES string of the molecule is CC(=O)c1ccc(OCC(=O)O[C@@H](C)C(=O)NCc2ccco2)cc1. The van der Waals surface area contributed by atoms with Gasteiger partial charge in [-0.15, -0.1) is 0 Å². The van der Waals surface area contributed by atoms with E-state index in [-0.39, 0.29) is 18.9 Å². The average Bonchev–Trinajstić information content (AvgIpc) is 3.11. The van der Waals surface area contributed by atoms with Gasteiger partial charge in [0.25, 0.3) is 5.91 Å². The maximum absolute atomic E-state index is 11.8. The predicted molar refractivity (Wildman–Crippen MR) is 88.1 cm³/mol. The lowest BCUT2D eigenvalue weighted by Crippen LogP contribution is -2.36. The number of ether oxygens (including phenoxy) is 2. The summed E-state index contributed by atoms with van der Waals surface area (Å²) in [6.07, 6.45) is 0.553. The highest BCUT2D eigenvalue weighted by atomic mass is 16.6. The standard InChI is InChI=1S/C18H19NO6/c1-12(20)14-5-7-15(8-6-14)24-11-17(21)25-13(2)18(22)19-10-16-4-3-9-23-16/h3-9,13H,10-11H2,1-2H3,(H,19,22)/t13-/m0/s1. The van der Waals surface area contributed by atoms with E-state index in [9.17, 15) is 14.4 Å². The number of carbonyl (C=O) groups excluding carboxylic acids is 3. The van der Waals surface area contributed by atoms with Gasteiger partial charge in [-0.2, -0.15) is 0 Å². The molecular weight excluding hydrogens is 326 g/mol. The van der Waals surface area contributed by atoms with Crippen LogP contribution in [-0.4, -0.2) is 30.4 Å². The van der Waals surface area contributed by atoms with Gasteiger partial charge in [-0.1, -0.05) is 0 Å². The highest BCUT2D eigenvalue weighted by Gasteiger charge is 2.18. The summed E-state index contributed by atoms with van der Waals surface area (Å²) >= 11 is 0. The molecule has 1 aromatic heterocycles. The molecule has 0 spiro atoms. The first-order valence-corrected chi connectivity index (χ1v) is 7.69. The van der Waals surface area contributed by atoms with Gasteiger partial charge in [0.05, 0.1) is 12.8 Å². The van der Waals surface area contributed by atoms with Crippen LogP contribution in [0.4, 0.5) is 0 Å². The zero-order valence-electron chi connectivity index (χ0n) is 14.0. The summed E-state index contributed by atoms with van der Waals surface area (Å²) in [6.45, 7) is 2.81. The van der Waals surface area contributed by atoms with E-state index < -0.39 is 18.0 Å². The number of amides is 1. The summed E-state index contributed by atoms with van der Waals surface area (Å²) in [5.74, 6) is -0.131. The number of ketones is 1. The zero-order chi connectivity index (χ0) is 18.2. The van der Waals surface area contributed by atoms with Crippen LogP contribution in [0.2, 0.25) is 0 Å². The molecule has 7 heteroatoms. The van der Waals surface area contributed by atoms with Crippen molar-refractivity contribution >= 4 is 17.7 Å². The second-order valence-corrected chi connectivity index (χ2v) is 5.30. The number of furan rings is 1. The van der Waals surface area contributed by atoms with Crippen molar-refractivity contribution in [1.29, 1.82) is 0 Å². The maximum atomic E-state index is 11.8. The van der Waals surface area contributed by atoms with E-state index in [4.69, 9.17) is 13.9 Å².